The molecule has 19 heavy (non-hydrogen) atoms. The minimum absolute atomic E-state index is 0.589. The Morgan fingerprint density at radius 3 is 1.74 bits per heavy atom. The summed E-state index contributed by atoms with van der Waals surface area (Å²) in [4.78, 5) is 11.1. The first-order valence-corrected chi connectivity index (χ1v) is 5.72. The summed E-state index contributed by atoms with van der Waals surface area (Å²) in [7, 11) is 0. The van der Waals surface area contributed by atoms with E-state index in [1.54, 1.807) is 48.5 Å². The van der Waals surface area contributed by atoms with Gasteiger partial charge in [-0.2, -0.15) is 5.26 Å². The Kier molecular flexibility index (Phi) is 3.48. The SMILES string of the molecule is N#CC(NC(=O)O)(c1ccccc1)c1ccccc1. The smallest absolute Gasteiger partial charge is 0.406 e. The van der Waals surface area contributed by atoms with Crippen molar-refractivity contribution in [2.45, 2.75) is 5.54 Å². The first-order valence-electron chi connectivity index (χ1n) is 5.72. The zero-order valence-corrected chi connectivity index (χ0v) is 10.1. The number of nitriles is 1. The molecule has 94 valence electrons. The average Bonchev–Trinajstić information content (AvgIpc) is 2.46. The summed E-state index contributed by atoms with van der Waals surface area (Å²) in [5.74, 6) is 0. The molecule has 0 saturated carbocycles. The largest absolute Gasteiger partial charge is 0.465 e. The Bertz CT molecular complexity index is 564. The fraction of sp³-hybridized carbons (Fsp3) is 0.0667. The van der Waals surface area contributed by atoms with Crippen LogP contribution in [0.1, 0.15) is 11.1 Å². The maximum atomic E-state index is 11.1. The molecule has 0 radical (unpaired) electrons. The van der Waals surface area contributed by atoms with Gasteiger partial charge in [-0.3, -0.25) is 5.32 Å². The fourth-order valence-corrected chi connectivity index (χ4v) is 2.00. The van der Waals surface area contributed by atoms with Gasteiger partial charge in [0.15, 0.2) is 5.54 Å². The van der Waals surface area contributed by atoms with Crippen LogP contribution in [0, 0.1) is 11.3 Å². The number of nitrogens with one attached hydrogen (secondary N) is 1. The highest BCUT2D eigenvalue weighted by Gasteiger charge is 2.36. The molecule has 0 unspecified atom stereocenters. The molecular formula is C15H12N2O2. The number of hydrogen-bond donors (Lipinski definition) is 2. The molecular weight excluding hydrogens is 240 g/mol. The molecule has 0 aliphatic heterocycles. The van der Waals surface area contributed by atoms with Crippen molar-refractivity contribution in [3.8, 4) is 6.07 Å². The lowest BCUT2D eigenvalue weighted by molar-refractivity contribution is 0.187. The maximum Gasteiger partial charge on any atom is 0.406 e. The molecule has 0 heterocycles. The highest BCUT2D eigenvalue weighted by molar-refractivity contribution is 5.69. The fourth-order valence-electron chi connectivity index (χ4n) is 2.00. The molecule has 2 aromatic rings. The second-order valence-corrected chi connectivity index (χ2v) is 4.02. The maximum absolute atomic E-state index is 11.1. The third kappa shape index (κ3) is 2.40. The Morgan fingerprint density at radius 1 is 1.00 bits per heavy atom. The standard InChI is InChI=1S/C15H12N2O2/c16-11-15(17-14(18)19,12-7-3-1-4-8-12)13-9-5-2-6-10-13/h1-10,17H,(H,18,19). The third-order valence-corrected chi connectivity index (χ3v) is 2.88. The van der Waals surface area contributed by atoms with Crippen LogP contribution in [0.2, 0.25) is 0 Å². The van der Waals surface area contributed by atoms with Crippen LogP contribution in [0.15, 0.2) is 60.7 Å². The van der Waals surface area contributed by atoms with E-state index in [-0.39, 0.29) is 0 Å². The van der Waals surface area contributed by atoms with Gasteiger partial charge in [-0.25, -0.2) is 4.79 Å². The van der Waals surface area contributed by atoms with Gasteiger partial charge in [-0.1, -0.05) is 60.7 Å². The Morgan fingerprint density at radius 2 is 1.42 bits per heavy atom. The van der Waals surface area contributed by atoms with Gasteiger partial charge >= 0.3 is 6.09 Å². The quantitative estimate of drug-likeness (QED) is 0.882. The van der Waals surface area contributed by atoms with Crippen LogP contribution in [0.5, 0.6) is 0 Å². The van der Waals surface area contributed by atoms with Crippen LogP contribution in [-0.4, -0.2) is 11.2 Å². The van der Waals surface area contributed by atoms with E-state index >= 15 is 0 Å². The Balaban J connectivity index is 2.63. The van der Waals surface area contributed by atoms with Gasteiger partial charge in [0, 0.05) is 0 Å². The molecule has 0 spiro atoms. The van der Waals surface area contributed by atoms with Crippen LogP contribution in [-0.2, 0) is 5.54 Å². The molecule has 1 amide bonds. The van der Waals surface area contributed by atoms with Crippen molar-refractivity contribution in [2.24, 2.45) is 0 Å². The number of carboxylic acid groups (broad SMARTS) is 1. The molecule has 2 aromatic carbocycles. The molecule has 0 aliphatic carbocycles. The van der Waals surface area contributed by atoms with E-state index in [4.69, 9.17) is 5.11 Å². The molecule has 0 aliphatic rings. The summed E-state index contributed by atoms with van der Waals surface area (Å²) >= 11 is 0. The zero-order valence-electron chi connectivity index (χ0n) is 10.1. The van der Waals surface area contributed by atoms with Gasteiger partial charge in [-0.05, 0) is 11.1 Å². The van der Waals surface area contributed by atoms with Gasteiger partial charge in [0.2, 0.25) is 0 Å². The van der Waals surface area contributed by atoms with Gasteiger partial charge in [0.05, 0.1) is 0 Å². The summed E-state index contributed by atoms with van der Waals surface area (Å²) in [6, 6.07) is 19.7. The van der Waals surface area contributed by atoms with Gasteiger partial charge in [0.1, 0.15) is 6.07 Å². The molecule has 0 aromatic heterocycles. The number of carbonyl (C=O) groups is 1. The minimum atomic E-state index is -1.39. The van der Waals surface area contributed by atoms with E-state index in [9.17, 15) is 10.1 Å². The molecule has 0 fully saturated rings. The van der Waals surface area contributed by atoms with E-state index in [0.29, 0.717) is 11.1 Å². The zero-order chi connectivity index (χ0) is 13.7. The summed E-state index contributed by atoms with van der Waals surface area (Å²) < 4.78 is 0. The average molecular weight is 252 g/mol. The first-order chi connectivity index (χ1) is 9.19. The highest BCUT2D eigenvalue weighted by Crippen LogP contribution is 2.28. The van der Waals surface area contributed by atoms with Crippen LogP contribution in [0.4, 0.5) is 4.79 Å². The van der Waals surface area contributed by atoms with Crippen molar-refractivity contribution in [2.75, 3.05) is 0 Å². The van der Waals surface area contributed by atoms with Crippen molar-refractivity contribution >= 4 is 6.09 Å². The number of hydrogen-bond acceptors (Lipinski definition) is 2. The van der Waals surface area contributed by atoms with Crippen LogP contribution < -0.4 is 5.32 Å². The van der Waals surface area contributed by atoms with Crippen LogP contribution in [0.3, 0.4) is 0 Å². The van der Waals surface area contributed by atoms with Crippen LogP contribution >= 0.6 is 0 Å². The lowest BCUT2D eigenvalue weighted by Gasteiger charge is -2.27. The minimum Gasteiger partial charge on any atom is -0.465 e. The van der Waals surface area contributed by atoms with Crippen molar-refractivity contribution in [1.29, 1.82) is 5.26 Å². The molecule has 4 heteroatoms. The van der Waals surface area contributed by atoms with E-state index in [1.165, 1.54) is 0 Å². The van der Waals surface area contributed by atoms with Crippen molar-refractivity contribution in [3.63, 3.8) is 0 Å². The van der Waals surface area contributed by atoms with E-state index < -0.39 is 11.6 Å². The Hall–Kier alpha value is -2.80. The molecule has 2 rings (SSSR count). The lowest BCUT2D eigenvalue weighted by Crippen LogP contribution is -2.45. The topological polar surface area (TPSA) is 73.1 Å². The number of nitrogens with zero attached hydrogens (tertiary/aromatic N) is 1. The normalized spacial score (nSPS) is 10.5. The second-order valence-electron chi connectivity index (χ2n) is 4.02. The summed E-state index contributed by atoms with van der Waals surface area (Å²) in [5.41, 5.74) is -0.217. The molecule has 4 nitrogen and oxygen atoms in total. The van der Waals surface area contributed by atoms with Gasteiger partial charge in [0.25, 0.3) is 0 Å². The van der Waals surface area contributed by atoms with E-state index in [1.807, 2.05) is 12.1 Å². The van der Waals surface area contributed by atoms with Gasteiger partial charge < -0.3 is 5.11 Å². The van der Waals surface area contributed by atoms with Crippen molar-refractivity contribution in [3.05, 3.63) is 71.8 Å². The van der Waals surface area contributed by atoms with Crippen LogP contribution in [0.25, 0.3) is 0 Å². The van der Waals surface area contributed by atoms with Crippen molar-refractivity contribution in [1.82, 2.24) is 5.32 Å². The number of benzene rings is 2. The lowest BCUT2D eigenvalue weighted by atomic mass is 9.84. The summed E-state index contributed by atoms with van der Waals surface area (Å²) in [5, 5.41) is 20.9. The molecule has 0 atom stereocenters. The van der Waals surface area contributed by atoms with Crippen molar-refractivity contribution < 1.29 is 9.90 Å². The predicted octanol–water partition coefficient (Wildman–Crippen LogP) is 2.72. The molecule has 0 bridgehead atoms. The van der Waals surface area contributed by atoms with Gasteiger partial charge in [-0.15, -0.1) is 0 Å². The summed E-state index contributed by atoms with van der Waals surface area (Å²) in [6.45, 7) is 0. The molecule has 2 N–H and O–H groups in total. The highest BCUT2D eigenvalue weighted by atomic mass is 16.4. The predicted molar refractivity (Wildman–Crippen MR) is 70.4 cm³/mol. The Labute approximate surface area is 110 Å². The van der Waals surface area contributed by atoms with E-state index in [2.05, 4.69) is 11.4 Å². The molecule has 0 saturated heterocycles. The second kappa shape index (κ2) is 5.23. The summed E-state index contributed by atoms with van der Waals surface area (Å²) in [6.07, 6.45) is -1.24. The monoisotopic (exact) mass is 252 g/mol. The number of rotatable bonds is 3. The number of amides is 1. The third-order valence-electron chi connectivity index (χ3n) is 2.88. The first kappa shape index (κ1) is 12.7. The van der Waals surface area contributed by atoms with E-state index in [0.717, 1.165) is 0 Å².